The van der Waals surface area contributed by atoms with Gasteiger partial charge in [-0.15, -0.1) is 0 Å². The number of benzene rings is 12. The van der Waals surface area contributed by atoms with Gasteiger partial charge in [0.2, 0.25) is 0 Å². The predicted octanol–water partition coefficient (Wildman–Crippen LogP) is 16.0. The monoisotopic (exact) mass is 933 g/mol. The maximum absolute atomic E-state index is 2.71. The Morgan fingerprint density at radius 3 is 0.958 bits per heavy atom. The zero-order valence-electron chi connectivity index (χ0n) is 39.9. The first-order valence-electron chi connectivity index (χ1n) is 24.8. The van der Waals surface area contributed by atoms with Crippen LogP contribution in [0.25, 0.3) is 66.4 Å². The lowest BCUT2D eigenvalue weighted by Crippen LogP contribution is -2.74. The van der Waals surface area contributed by atoms with E-state index in [-0.39, 0.29) is 0 Å². The number of anilines is 3. The molecular weight excluding hydrogens is 883 g/mol. The minimum absolute atomic E-state index is 1.08. The molecule has 0 saturated heterocycles. The van der Waals surface area contributed by atoms with Gasteiger partial charge in [-0.1, -0.05) is 273 Å². The zero-order chi connectivity index (χ0) is 48.1. The maximum Gasteiger partial charge on any atom is 0.179 e. The predicted molar refractivity (Wildman–Crippen MR) is 309 cm³/mol. The SMILES string of the molecule is c1ccc(-c2c(-c3ccccc3)c(-c3ccccc3)c3c(-c4ccc(N(c5ccccc5)c5ccc([Si](c6ccccc6)(c6ccccc6)c6ccccc6)cc5)cc4)cccc3c2-c2ccccc2)cc1. The minimum atomic E-state index is -2.71. The van der Waals surface area contributed by atoms with Gasteiger partial charge in [0, 0.05) is 17.1 Å². The van der Waals surface area contributed by atoms with Gasteiger partial charge >= 0.3 is 0 Å². The number of fused-ring (bicyclic) bond motifs is 1. The van der Waals surface area contributed by atoms with Crippen LogP contribution in [0.15, 0.2) is 309 Å². The molecule has 2 heteroatoms. The fraction of sp³-hybridized carbons (Fsp3) is 0. The van der Waals surface area contributed by atoms with Crippen LogP contribution in [0.1, 0.15) is 0 Å². The molecule has 0 amide bonds. The van der Waals surface area contributed by atoms with E-state index < -0.39 is 8.07 Å². The summed E-state index contributed by atoms with van der Waals surface area (Å²) in [6.45, 7) is 0. The summed E-state index contributed by atoms with van der Waals surface area (Å²) in [6, 6.07) is 114. The van der Waals surface area contributed by atoms with Crippen molar-refractivity contribution in [3.8, 4) is 55.6 Å². The number of hydrogen-bond acceptors (Lipinski definition) is 1. The van der Waals surface area contributed by atoms with Crippen molar-refractivity contribution in [3.63, 3.8) is 0 Å². The quantitative estimate of drug-likeness (QED) is 0.0872. The van der Waals surface area contributed by atoms with Gasteiger partial charge in [-0.25, -0.2) is 0 Å². The van der Waals surface area contributed by atoms with E-state index >= 15 is 0 Å². The summed E-state index contributed by atoms with van der Waals surface area (Å²) in [5.74, 6) is 0. The average Bonchev–Trinajstić information content (AvgIpc) is 3.47. The Kier molecular flexibility index (Phi) is 12.1. The van der Waals surface area contributed by atoms with Gasteiger partial charge in [-0.05, 0) is 124 Å². The van der Waals surface area contributed by atoms with Gasteiger partial charge in [0.25, 0.3) is 0 Å². The van der Waals surface area contributed by atoms with Crippen LogP contribution in [-0.2, 0) is 0 Å². The van der Waals surface area contributed by atoms with Crippen LogP contribution in [0.2, 0.25) is 0 Å². The molecule has 0 atom stereocenters. The van der Waals surface area contributed by atoms with Crippen LogP contribution < -0.4 is 25.6 Å². The van der Waals surface area contributed by atoms with Gasteiger partial charge in [0.1, 0.15) is 0 Å². The Hall–Kier alpha value is -9.08. The summed E-state index contributed by atoms with van der Waals surface area (Å²) in [5, 5.41) is 7.86. The highest BCUT2D eigenvalue weighted by Crippen LogP contribution is 2.53. The zero-order valence-corrected chi connectivity index (χ0v) is 40.9. The van der Waals surface area contributed by atoms with Crippen LogP contribution in [0.4, 0.5) is 17.1 Å². The molecule has 12 rings (SSSR count). The largest absolute Gasteiger partial charge is 0.311 e. The first-order valence-corrected chi connectivity index (χ1v) is 26.8. The van der Waals surface area contributed by atoms with E-state index in [1.807, 2.05) is 0 Å². The van der Waals surface area contributed by atoms with Gasteiger partial charge in [-0.3, -0.25) is 0 Å². The van der Waals surface area contributed by atoms with E-state index in [1.165, 1.54) is 81.6 Å². The molecule has 72 heavy (non-hydrogen) atoms. The maximum atomic E-state index is 2.39. The molecule has 0 radical (unpaired) electrons. The summed E-state index contributed by atoms with van der Waals surface area (Å²) >= 11 is 0. The molecule has 0 heterocycles. The lowest BCUT2D eigenvalue weighted by molar-refractivity contribution is 1.29. The molecule has 12 aromatic rings. The highest BCUT2D eigenvalue weighted by atomic mass is 28.3. The standard InChI is InChI=1S/C70H51NSi/c1-9-26-53(27-10-1)66-65-43-25-42-64(70(65)69(56-32-15-4-16-33-56)68(55-30-13-3-14-31-55)67(66)54-28-11-2-12-29-54)52-44-46-58(47-45-52)71(57-34-17-5-18-35-57)59-48-50-63(51-49-59)72(60-36-19-6-20-37-60,61-38-21-7-22-39-61)62-40-23-8-24-41-62/h1-51H. The van der Waals surface area contributed by atoms with Crippen LogP contribution in [0, 0.1) is 0 Å². The summed E-state index contributed by atoms with van der Waals surface area (Å²) in [7, 11) is -2.71. The molecule has 0 N–H and O–H groups in total. The molecule has 1 nitrogen and oxygen atoms in total. The van der Waals surface area contributed by atoms with Crippen molar-refractivity contribution in [3.05, 3.63) is 309 Å². The molecule has 0 aliphatic carbocycles. The molecule has 0 aliphatic rings. The summed E-state index contributed by atoms with van der Waals surface area (Å²) in [5.41, 5.74) is 15.3. The number of rotatable bonds is 12. The molecule has 12 aromatic carbocycles. The lowest BCUT2D eigenvalue weighted by Gasteiger charge is -2.35. The van der Waals surface area contributed by atoms with Crippen LogP contribution >= 0.6 is 0 Å². The smallest absolute Gasteiger partial charge is 0.179 e. The Morgan fingerprint density at radius 2 is 0.528 bits per heavy atom. The fourth-order valence-electron chi connectivity index (χ4n) is 11.1. The van der Waals surface area contributed by atoms with Crippen molar-refractivity contribution < 1.29 is 0 Å². The summed E-state index contributed by atoms with van der Waals surface area (Å²) in [6.07, 6.45) is 0. The van der Waals surface area contributed by atoms with E-state index in [9.17, 15) is 0 Å². The first kappa shape index (κ1) is 44.1. The van der Waals surface area contributed by atoms with E-state index in [1.54, 1.807) is 0 Å². The average molecular weight is 934 g/mol. The molecular formula is C70H51NSi. The molecule has 0 saturated carbocycles. The second-order valence-corrected chi connectivity index (χ2v) is 22.1. The van der Waals surface area contributed by atoms with Crippen LogP contribution in [0.3, 0.4) is 0 Å². The highest BCUT2D eigenvalue weighted by molar-refractivity contribution is 7.19. The molecule has 0 fully saturated rings. The van der Waals surface area contributed by atoms with Crippen molar-refractivity contribution in [2.75, 3.05) is 4.90 Å². The van der Waals surface area contributed by atoms with Gasteiger partial charge < -0.3 is 4.90 Å². The second-order valence-electron chi connectivity index (χ2n) is 18.3. The lowest BCUT2D eigenvalue weighted by atomic mass is 9.77. The minimum Gasteiger partial charge on any atom is -0.311 e. The molecule has 0 aromatic heterocycles. The van der Waals surface area contributed by atoms with E-state index in [0.717, 1.165) is 22.6 Å². The van der Waals surface area contributed by atoms with Crippen molar-refractivity contribution in [2.45, 2.75) is 0 Å². The number of nitrogens with zero attached hydrogens (tertiary/aromatic N) is 1. The highest BCUT2D eigenvalue weighted by Gasteiger charge is 2.41. The summed E-state index contributed by atoms with van der Waals surface area (Å²) < 4.78 is 0. The molecule has 0 bridgehead atoms. The molecule has 0 aliphatic heterocycles. The Balaban J connectivity index is 1.05. The van der Waals surface area contributed by atoms with Gasteiger partial charge in [0.05, 0.1) is 0 Å². The van der Waals surface area contributed by atoms with Gasteiger partial charge in [0.15, 0.2) is 8.07 Å². The third-order valence-electron chi connectivity index (χ3n) is 14.2. The summed E-state index contributed by atoms with van der Waals surface area (Å²) in [4.78, 5) is 2.38. The normalized spacial score (nSPS) is 11.3. The second kappa shape index (κ2) is 19.7. The van der Waals surface area contributed by atoms with E-state index in [2.05, 4.69) is 314 Å². The van der Waals surface area contributed by atoms with Crippen molar-refractivity contribution in [2.24, 2.45) is 0 Å². The third-order valence-corrected chi connectivity index (χ3v) is 19.0. The van der Waals surface area contributed by atoms with Gasteiger partial charge in [-0.2, -0.15) is 0 Å². The first-order chi connectivity index (χ1) is 35.8. The topological polar surface area (TPSA) is 3.24 Å². The Labute approximate surface area is 424 Å². The van der Waals surface area contributed by atoms with Crippen LogP contribution in [0.5, 0.6) is 0 Å². The Morgan fingerprint density at radius 1 is 0.208 bits per heavy atom. The molecule has 0 spiro atoms. The van der Waals surface area contributed by atoms with Crippen molar-refractivity contribution in [1.82, 2.24) is 0 Å². The Bertz CT molecular complexity index is 3620. The van der Waals surface area contributed by atoms with E-state index in [0.29, 0.717) is 0 Å². The fourth-order valence-corrected chi connectivity index (χ4v) is 15.8. The third kappa shape index (κ3) is 8.04. The number of hydrogen-bond donors (Lipinski definition) is 0. The van der Waals surface area contributed by atoms with Crippen molar-refractivity contribution in [1.29, 1.82) is 0 Å². The van der Waals surface area contributed by atoms with E-state index in [4.69, 9.17) is 0 Å². The molecule has 0 unspecified atom stereocenters. The number of para-hydroxylation sites is 1. The van der Waals surface area contributed by atoms with Crippen molar-refractivity contribution >= 4 is 56.7 Å². The van der Waals surface area contributed by atoms with Crippen LogP contribution in [-0.4, -0.2) is 8.07 Å². The molecule has 340 valence electrons.